The van der Waals surface area contributed by atoms with Crippen molar-refractivity contribution in [1.29, 1.82) is 0 Å². The fraction of sp³-hybridized carbons (Fsp3) is 0.385. The molecular weight excluding hydrogens is 457 g/mol. The molecular formula is C26H29ClFN3O3. The molecule has 2 heterocycles. The van der Waals surface area contributed by atoms with Gasteiger partial charge in [0, 0.05) is 61.4 Å². The summed E-state index contributed by atoms with van der Waals surface area (Å²) in [7, 11) is 1.59. The molecule has 1 aliphatic heterocycles. The van der Waals surface area contributed by atoms with Gasteiger partial charge in [0.05, 0.1) is 12.1 Å². The summed E-state index contributed by atoms with van der Waals surface area (Å²) in [5.74, 6) is 0.389. The molecule has 1 N–H and O–H groups in total. The first-order chi connectivity index (χ1) is 16.5. The monoisotopic (exact) mass is 485 g/mol. The summed E-state index contributed by atoms with van der Waals surface area (Å²) in [4.78, 5) is 22.2. The van der Waals surface area contributed by atoms with Crippen LogP contribution >= 0.6 is 11.6 Å². The highest BCUT2D eigenvalue weighted by atomic mass is 35.5. The van der Waals surface area contributed by atoms with Gasteiger partial charge in [0.25, 0.3) is 5.91 Å². The van der Waals surface area contributed by atoms with Crippen molar-refractivity contribution in [2.75, 3.05) is 44.9 Å². The lowest BCUT2D eigenvalue weighted by Gasteiger charge is -2.35. The quantitative estimate of drug-likeness (QED) is 0.508. The number of piperidine rings is 1. The number of hydrogen-bond acceptors (Lipinski definition) is 5. The Morgan fingerprint density at radius 1 is 1.26 bits per heavy atom. The molecule has 0 spiro atoms. The number of nitrogens with zero attached hydrogens (tertiary/aromatic N) is 3. The van der Waals surface area contributed by atoms with Gasteiger partial charge in [-0.15, -0.1) is 0 Å². The van der Waals surface area contributed by atoms with Gasteiger partial charge in [0.2, 0.25) is 0 Å². The first kappa shape index (κ1) is 24.4. The van der Waals surface area contributed by atoms with Gasteiger partial charge in [-0.25, -0.2) is 9.37 Å². The molecule has 1 atom stereocenters. The van der Waals surface area contributed by atoms with E-state index in [4.69, 9.17) is 21.3 Å². The number of methoxy groups -OCH3 is 1. The van der Waals surface area contributed by atoms with E-state index in [0.29, 0.717) is 36.8 Å². The van der Waals surface area contributed by atoms with Gasteiger partial charge >= 0.3 is 0 Å². The molecule has 4 rings (SSSR count). The highest BCUT2D eigenvalue weighted by molar-refractivity contribution is 6.31. The van der Waals surface area contributed by atoms with E-state index >= 15 is 0 Å². The van der Waals surface area contributed by atoms with E-state index < -0.39 is 0 Å². The lowest BCUT2D eigenvalue weighted by molar-refractivity contribution is 0.0680. The van der Waals surface area contributed by atoms with Crippen molar-refractivity contribution in [3.63, 3.8) is 0 Å². The highest BCUT2D eigenvalue weighted by Crippen LogP contribution is 2.30. The summed E-state index contributed by atoms with van der Waals surface area (Å²) in [5.41, 5.74) is 2.10. The van der Waals surface area contributed by atoms with Crippen LogP contribution in [0.4, 0.5) is 10.2 Å². The second kappa shape index (κ2) is 11.1. The van der Waals surface area contributed by atoms with E-state index in [0.717, 1.165) is 41.7 Å². The fourth-order valence-electron chi connectivity index (χ4n) is 4.41. The summed E-state index contributed by atoms with van der Waals surface area (Å²) in [6.07, 6.45) is 1.94. The minimum atomic E-state index is -0.386. The molecule has 34 heavy (non-hydrogen) atoms. The summed E-state index contributed by atoms with van der Waals surface area (Å²) in [5, 5.41) is 11.3. The number of carbonyl (C=O) groups excluding carboxylic acids is 1. The smallest absolute Gasteiger partial charge is 0.254 e. The largest absolute Gasteiger partial charge is 0.396 e. The van der Waals surface area contributed by atoms with Gasteiger partial charge in [0.1, 0.15) is 11.6 Å². The Labute approximate surface area is 203 Å². The van der Waals surface area contributed by atoms with E-state index in [1.165, 1.54) is 24.3 Å². The number of aliphatic hydroxyl groups excluding tert-OH is 1. The molecule has 1 amide bonds. The number of aromatic nitrogens is 1. The molecule has 1 fully saturated rings. The van der Waals surface area contributed by atoms with Crippen LogP contribution in [0.15, 0.2) is 48.5 Å². The first-order valence-electron chi connectivity index (χ1n) is 11.5. The second-order valence-electron chi connectivity index (χ2n) is 8.67. The zero-order valence-electron chi connectivity index (χ0n) is 19.2. The molecule has 180 valence electrons. The molecule has 1 aromatic heterocycles. The maximum atomic E-state index is 13.4. The van der Waals surface area contributed by atoms with Crippen molar-refractivity contribution in [2.45, 2.75) is 19.4 Å². The van der Waals surface area contributed by atoms with Crippen LogP contribution in [0.1, 0.15) is 28.8 Å². The number of amides is 1. The van der Waals surface area contributed by atoms with Gasteiger partial charge in [-0.3, -0.25) is 4.79 Å². The Balaban J connectivity index is 1.72. The molecule has 8 heteroatoms. The van der Waals surface area contributed by atoms with Crippen LogP contribution in [0, 0.1) is 11.7 Å². The highest BCUT2D eigenvalue weighted by Gasteiger charge is 2.25. The van der Waals surface area contributed by atoms with Crippen LogP contribution in [0.2, 0.25) is 5.02 Å². The Hall–Kier alpha value is -2.74. The van der Waals surface area contributed by atoms with Crippen LogP contribution in [-0.2, 0) is 11.3 Å². The van der Waals surface area contributed by atoms with Crippen LogP contribution in [0.5, 0.6) is 0 Å². The second-order valence-corrected chi connectivity index (χ2v) is 9.11. The number of aliphatic hydroxyl groups is 1. The minimum absolute atomic E-state index is 0.133. The molecule has 1 saturated heterocycles. The Morgan fingerprint density at radius 2 is 2.06 bits per heavy atom. The van der Waals surface area contributed by atoms with Crippen molar-refractivity contribution in [1.82, 2.24) is 9.88 Å². The van der Waals surface area contributed by atoms with E-state index in [1.54, 1.807) is 12.0 Å². The maximum Gasteiger partial charge on any atom is 0.254 e. The van der Waals surface area contributed by atoms with Crippen LogP contribution < -0.4 is 4.90 Å². The van der Waals surface area contributed by atoms with E-state index in [-0.39, 0.29) is 24.2 Å². The number of ether oxygens (including phenoxy) is 1. The average Bonchev–Trinajstić information content (AvgIpc) is 2.86. The third-order valence-corrected chi connectivity index (χ3v) is 6.45. The summed E-state index contributed by atoms with van der Waals surface area (Å²) >= 11 is 6.22. The number of rotatable bonds is 8. The number of pyridine rings is 1. The predicted octanol–water partition coefficient (Wildman–Crippen LogP) is 4.52. The van der Waals surface area contributed by atoms with E-state index in [2.05, 4.69) is 4.90 Å². The molecule has 1 unspecified atom stereocenters. The molecule has 0 bridgehead atoms. The maximum absolute atomic E-state index is 13.4. The number of carbonyl (C=O) groups is 1. The standard InChI is InChI=1S/C26H29ClFN3O3/c1-34-12-11-31(26(33)19-5-8-23(28)9-6-19)16-21-13-20-4-7-22(27)14-24(20)29-25(21)30-10-2-3-18(15-30)17-32/h4-9,13-14,18,32H,2-3,10-12,15-17H2,1H3. The zero-order valence-corrected chi connectivity index (χ0v) is 20.0. The van der Waals surface area contributed by atoms with Crippen molar-refractivity contribution in [3.05, 3.63) is 70.5 Å². The number of hydrogen-bond donors (Lipinski definition) is 1. The van der Waals surface area contributed by atoms with Crippen molar-refractivity contribution in [3.8, 4) is 0 Å². The molecule has 0 aliphatic carbocycles. The normalized spacial score (nSPS) is 16.1. The van der Waals surface area contributed by atoms with Gasteiger partial charge < -0.3 is 19.6 Å². The zero-order chi connectivity index (χ0) is 24.1. The predicted molar refractivity (Wildman–Crippen MR) is 132 cm³/mol. The lowest BCUT2D eigenvalue weighted by Crippen LogP contribution is -2.39. The average molecular weight is 486 g/mol. The molecule has 2 aromatic carbocycles. The topological polar surface area (TPSA) is 65.9 Å². The van der Waals surface area contributed by atoms with Gasteiger partial charge in [-0.2, -0.15) is 0 Å². The van der Waals surface area contributed by atoms with Crippen molar-refractivity contribution < 1.29 is 19.0 Å². The lowest BCUT2D eigenvalue weighted by atomic mass is 9.98. The van der Waals surface area contributed by atoms with Gasteiger partial charge in [-0.05, 0) is 61.2 Å². The van der Waals surface area contributed by atoms with Crippen molar-refractivity contribution >= 4 is 34.2 Å². The van der Waals surface area contributed by atoms with Gasteiger partial charge in [-0.1, -0.05) is 17.7 Å². The molecule has 6 nitrogen and oxygen atoms in total. The van der Waals surface area contributed by atoms with Gasteiger partial charge in [0.15, 0.2) is 0 Å². The van der Waals surface area contributed by atoms with Crippen molar-refractivity contribution in [2.24, 2.45) is 5.92 Å². The Kier molecular flexibility index (Phi) is 7.98. The molecule has 1 aliphatic rings. The summed E-state index contributed by atoms with van der Waals surface area (Å²) in [6, 6.07) is 13.2. The summed E-state index contributed by atoms with van der Waals surface area (Å²) in [6.45, 7) is 2.73. The van der Waals surface area contributed by atoms with E-state index in [1.807, 2.05) is 24.3 Å². The fourth-order valence-corrected chi connectivity index (χ4v) is 4.57. The van der Waals surface area contributed by atoms with E-state index in [9.17, 15) is 14.3 Å². The molecule has 3 aromatic rings. The number of halogens is 2. The number of anilines is 1. The Bertz CT molecular complexity index is 1140. The van der Waals surface area contributed by atoms with Crippen LogP contribution in [-0.4, -0.2) is 60.9 Å². The third-order valence-electron chi connectivity index (χ3n) is 6.22. The number of benzene rings is 2. The number of fused-ring (bicyclic) bond motifs is 1. The third kappa shape index (κ3) is 5.66. The Morgan fingerprint density at radius 3 is 2.79 bits per heavy atom. The minimum Gasteiger partial charge on any atom is -0.396 e. The first-order valence-corrected chi connectivity index (χ1v) is 11.8. The SMILES string of the molecule is COCCN(Cc1cc2ccc(Cl)cc2nc1N1CCCC(CO)C1)C(=O)c1ccc(F)cc1. The summed E-state index contributed by atoms with van der Waals surface area (Å²) < 4.78 is 18.7. The molecule has 0 saturated carbocycles. The molecule has 0 radical (unpaired) electrons. The van der Waals surface area contributed by atoms with Crippen LogP contribution in [0.25, 0.3) is 10.9 Å². The van der Waals surface area contributed by atoms with Crippen LogP contribution in [0.3, 0.4) is 0 Å².